The summed E-state index contributed by atoms with van der Waals surface area (Å²) in [7, 11) is 0. The Kier molecular flexibility index (Phi) is 5.61. The predicted molar refractivity (Wildman–Crippen MR) is 112 cm³/mol. The van der Waals surface area contributed by atoms with Crippen molar-refractivity contribution >= 4 is 18.0 Å². The Morgan fingerprint density at radius 2 is 2.13 bits per heavy atom. The number of Topliss-reactive ketones (excluding diaryl/α,β-unsaturated/α-hetero) is 1. The zero-order valence-electron chi connectivity index (χ0n) is 17.0. The van der Waals surface area contributed by atoms with Gasteiger partial charge in [-0.05, 0) is 20.3 Å². The van der Waals surface area contributed by atoms with Crippen molar-refractivity contribution in [3.05, 3.63) is 65.4 Å². The highest BCUT2D eigenvalue weighted by Crippen LogP contribution is 2.43. The molecule has 0 unspecified atom stereocenters. The van der Waals surface area contributed by atoms with Crippen molar-refractivity contribution in [2.24, 2.45) is 4.99 Å². The van der Waals surface area contributed by atoms with Gasteiger partial charge in [0.15, 0.2) is 5.78 Å². The molecule has 30 heavy (non-hydrogen) atoms. The van der Waals surface area contributed by atoms with E-state index in [1.807, 2.05) is 29.0 Å². The van der Waals surface area contributed by atoms with Crippen LogP contribution in [-0.2, 0) is 11.3 Å². The van der Waals surface area contributed by atoms with Crippen molar-refractivity contribution < 1.29 is 18.7 Å². The number of imidazole rings is 1. The van der Waals surface area contributed by atoms with E-state index < -0.39 is 11.9 Å². The summed E-state index contributed by atoms with van der Waals surface area (Å²) in [6.45, 7) is 5.07. The van der Waals surface area contributed by atoms with Gasteiger partial charge in [-0.25, -0.2) is 9.78 Å². The van der Waals surface area contributed by atoms with Crippen molar-refractivity contribution in [2.45, 2.75) is 32.7 Å². The van der Waals surface area contributed by atoms with E-state index in [2.05, 4.69) is 9.98 Å². The number of ketones is 1. The van der Waals surface area contributed by atoms with Gasteiger partial charge in [0.1, 0.15) is 17.1 Å². The van der Waals surface area contributed by atoms with Crippen LogP contribution in [0.3, 0.4) is 0 Å². The zero-order valence-corrected chi connectivity index (χ0v) is 17.0. The SMILES string of the molecule is CCOC(=O)c1c(C)oc2c1[C@H](C=NCCCn1ccnc1)C(=O)c1ccccc1-2. The minimum Gasteiger partial charge on any atom is -0.462 e. The molecular weight excluding hydrogens is 382 g/mol. The average Bonchev–Trinajstić information content (AvgIpc) is 3.38. The van der Waals surface area contributed by atoms with Gasteiger partial charge in [0.25, 0.3) is 0 Å². The number of nitrogens with zero attached hydrogens (tertiary/aromatic N) is 3. The third kappa shape index (κ3) is 3.58. The quantitative estimate of drug-likeness (QED) is 0.336. The summed E-state index contributed by atoms with van der Waals surface area (Å²) in [4.78, 5) is 34.4. The fourth-order valence-corrected chi connectivity index (χ4v) is 3.80. The molecule has 0 amide bonds. The molecule has 0 N–H and O–H groups in total. The molecule has 0 saturated heterocycles. The predicted octanol–water partition coefficient (Wildman–Crippen LogP) is 4.07. The molecule has 3 aromatic rings. The average molecular weight is 405 g/mol. The molecule has 1 aliphatic carbocycles. The normalized spacial score (nSPS) is 15.3. The molecule has 2 aromatic heterocycles. The van der Waals surface area contributed by atoms with E-state index in [4.69, 9.17) is 9.15 Å². The van der Waals surface area contributed by atoms with Gasteiger partial charge in [-0.3, -0.25) is 9.79 Å². The molecule has 2 heterocycles. The molecule has 0 bridgehead atoms. The van der Waals surface area contributed by atoms with E-state index in [9.17, 15) is 9.59 Å². The Morgan fingerprint density at radius 3 is 2.87 bits per heavy atom. The number of hydrogen-bond donors (Lipinski definition) is 0. The summed E-state index contributed by atoms with van der Waals surface area (Å²) in [6, 6.07) is 7.29. The number of hydrogen-bond acceptors (Lipinski definition) is 6. The number of ether oxygens (including phenoxy) is 1. The van der Waals surface area contributed by atoms with E-state index in [1.54, 1.807) is 38.7 Å². The molecule has 0 fully saturated rings. The fraction of sp³-hybridized carbons (Fsp3) is 0.304. The monoisotopic (exact) mass is 405 g/mol. The molecule has 0 spiro atoms. The van der Waals surface area contributed by atoms with Gasteiger partial charge in [-0.1, -0.05) is 24.3 Å². The van der Waals surface area contributed by atoms with Crippen LogP contribution in [0.2, 0.25) is 0 Å². The van der Waals surface area contributed by atoms with Gasteiger partial charge >= 0.3 is 5.97 Å². The van der Waals surface area contributed by atoms with E-state index in [0.717, 1.165) is 13.0 Å². The fourth-order valence-electron chi connectivity index (χ4n) is 3.80. The molecule has 7 nitrogen and oxygen atoms in total. The number of fused-ring (bicyclic) bond motifs is 3. The molecule has 0 radical (unpaired) electrons. The topological polar surface area (TPSA) is 86.7 Å². The lowest BCUT2D eigenvalue weighted by Crippen LogP contribution is -2.22. The molecular formula is C23H23N3O4. The number of carbonyl (C=O) groups excluding carboxylic acids is 2. The third-order valence-corrected chi connectivity index (χ3v) is 5.15. The smallest absolute Gasteiger partial charge is 0.342 e. The first-order valence-electron chi connectivity index (χ1n) is 10.0. The van der Waals surface area contributed by atoms with Gasteiger partial charge < -0.3 is 13.7 Å². The second-order valence-electron chi connectivity index (χ2n) is 7.09. The summed E-state index contributed by atoms with van der Waals surface area (Å²) < 4.78 is 13.2. The minimum absolute atomic E-state index is 0.0946. The van der Waals surface area contributed by atoms with Crippen LogP contribution in [0.5, 0.6) is 0 Å². The maximum absolute atomic E-state index is 13.3. The van der Waals surface area contributed by atoms with Crippen molar-refractivity contribution in [2.75, 3.05) is 13.2 Å². The number of carbonyl (C=O) groups is 2. The van der Waals surface area contributed by atoms with Crippen LogP contribution >= 0.6 is 0 Å². The summed E-state index contributed by atoms with van der Waals surface area (Å²) in [5.41, 5.74) is 2.14. The van der Waals surface area contributed by atoms with Gasteiger partial charge in [0.05, 0.1) is 18.9 Å². The Morgan fingerprint density at radius 1 is 1.33 bits per heavy atom. The van der Waals surface area contributed by atoms with Crippen LogP contribution in [0.15, 0.2) is 52.4 Å². The van der Waals surface area contributed by atoms with Crippen LogP contribution in [-0.4, -0.2) is 40.7 Å². The first-order valence-corrected chi connectivity index (χ1v) is 10.0. The molecule has 154 valence electrons. The highest BCUT2D eigenvalue weighted by molar-refractivity contribution is 6.18. The highest BCUT2D eigenvalue weighted by Gasteiger charge is 2.39. The van der Waals surface area contributed by atoms with Crippen LogP contribution in [0.1, 0.15) is 51.3 Å². The summed E-state index contributed by atoms with van der Waals surface area (Å²) in [5, 5.41) is 0. The van der Waals surface area contributed by atoms with Gasteiger partial charge in [0, 0.05) is 48.4 Å². The summed E-state index contributed by atoms with van der Waals surface area (Å²) >= 11 is 0. The van der Waals surface area contributed by atoms with Crippen molar-refractivity contribution in [1.29, 1.82) is 0 Å². The first-order chi connectivity index (χ1) is 14.6. The number of aromatic nitrogens is 2. The summed E-state index contributed by atoms with van der Waals surface area (Å²) in [5.74, 6) is -0.268. The van der Waals surface area contributed by atoms with Gasteiger partial charge in [-0.15, -0.1) is 0 Å². The maximum Gasteiger partial charge on any atom is 0.342 e. The zero-order chi connectivity index (χ0) is 21.1. The van der Waals surface area contributed by atoms with Crippen LogP contribution < -0.4 is 0 Å². The molecule has 7 heteroatoms. The Balaban J connectivity index is 1.66. The van der Waals surface area contributed by atoms with Gasteiger partial charge in [0.2, 0.25) is 0 Å². The lowest BCUT2D eigenvalue weighted by Gasteiger charge is -2.21. The number of aryl methyl sites for hydroxylation is 2. The van der Waals surface area contributed by atoms with E-state index in [0.29, 0.717) is 40.3 Å². The number of esters is 1. The van der Waals surface area contributed by atoms with E-state index in [1.165, 1.54) is 0 Å². The minimum atomic E-state index is -0.681. The molecule has 0 saturated carbocycles. The van der Waals surface area contributed by atoms with Crippen LogP contribution in [0.4, 0.5) is 0 Å². The Bertz CT molecular complexity index is 1100. The number of furan rings is 1. The van der Waals surface area contributed by atoms with Crippen molar-refractivity contribution in [3.63, 3.8) is 0 Å². The van der Waals surface area contributed by atoms with Crippen molar-refractivity contribution in [1.82, 2.24) is 9.55 Å². The van der Waals surface area contributed by atoms with E-state index in [-0.39, 0.29) is 12.4 Å². The standard InChI is InChI=1S/C23H23N3O4/c1-3-29-23(28)19-15(2)30-22-17-8-5-4-7-16(17)21(27)18(20(19)22)13-24-9-6-11-26-12-10-25-14-26/h4-5,7-8,10,12-14,18H,3,6,9,11H2,1-2H3/t18-/m0/s1. The largest absolute Gasteiger partial charge is 0.462 e. The maximum atomic E-state index is 13.3. The van der Waals surface area contributed by atoms with Crippen molar-refractivity contribution in [3.8, 4) is 11.3 Å². The highest BCUT2D eigenvalue weighted by atomic mass is 16.5. The van der Waals surface area contributed by atoms with E-state index >= 15 is 0 Å². The third-order valence-electron chi connectivity index (χ3n) is 5.15. The molecule has 4 rings (SSSR count). The molecule has 1 atom stereocenters. The lowest BCUT2D eigenvalue weighted by atomic mass is 9.80. The second kappa shape index (κ2) is 8.49. The lowest BCUT2D eigenvalue weighted by molar-refractivity contribution is 0.0523. The Labute approximate surface area is 174 Å². The van der Waals surface area contributed by atoms with Crippen LogP contribution in [0.25, 0.3) is 11.3 Å². The molecule has 0 aliphatic heterocycles. The molecule has 1 aromatic carbocycles. The first kappa shape index (κ1) is 19.8. The summed E-state index contributed by atoms with van der Waals surface area (Å²) in [6.07, 6.45) is 7.85. The number of benzene rings is 1. The second-order valence-corrected chi connectivity index (χ2v) is 7.09. The Hall–Kier alpha value is -3.48. The number of aliphatic imine (C=N–C) groups is 1. The molecule has 1 aliphatic rings. The number of rotatable bonds is 7. The van der Waals surface area contributed by atoms with Crippen LogP contribution in [0, 0.1) is 6.92 Å². The van der Waals surface area contributed by atoms with Gasteiger partial charge in [-0.2, -0.15) is 0 Å².